The summed E-state index contributed by atoms with van der Waals surface area (Å²) in [5.74, 6) is 99.0. The normalized spacial score (nSPS) is 4.38. The van der Waals surface area contributed by atoms with E-state index in [1.807, 2.05) is 0 Å². The third-order valence-corrected chi connectivity index (χ3v) is 3.09. The van der Waals surface area contributed by atoms with Crippen LogP contribution in [0.4, 0.5) is 0 Å². The van der Waals surface area contributed by atoms with E-state index in [1.54, 1.807) is 6.08 Å². The molecule has 0 bridgehead atoms. The summed E-state index contributed by atoms with van der Waals surface area (Å²) in [4.78, 5) is 1.45. The lowest BCUT2D eigenvalue weighted by Gasteiger charge is -2.02. The van der Waals surface area contributed by atoms with E-state index in [0.29, 0.717) is 6.54 Å². The maximum absolute atomic E-state index is 4.94. The first-order valence-corrected chi connectivity index (χ1v) is 12.2. The fraction of sp³-hybridized carbons (Fsp3) is 0.0213. The van der Waals surface area contributed by atoms with E-state index in [-0.39, 0.29) is 0 Å². The van der Waals surface area contributed by atoms with Gasteiger partial charge in [-0.2, -0.15) is 0 Å². The highest BCUT2D eigenvalue weighted by molar-refractivity contribution is 5.49. The summed E-state index contributed by atoms with van der Waals surface area (Å²) < 4.78 is 0. The zero-order valence-electron chi connectivity index (χ0n) is 24.6. The van der Waals surface area contributed by atoms with Crippen molar-refractivity contribution in [3.05, 3.63) is 12.7 Å². The zero-order valence-corrected chi connectivity index (χ0v) is 24.6. The molecular formula is C47H7N. The Labute approximate surface area is 285 Å². The first-order chi connectivity index (χ1) is 23.8. The van der Waals surface area contributed by atoms with Crippen LogP contribution in [0.5, 0.6) is 0 Å². The minimum Gasteiger partial charge on any atom is -0.255 e. The summed E-state index contributed by atoms with van der Waals surface area (Å²) in [6, 6.07) is 5.48. The molecule has 0 atom stereocenters. The van der Waals surface area contributed by atoms with E-state index in [1.165, 1.54) is 4.90 Å². The molecule has 0 radical (unpaired) electrons. The average molecular weight is 586 g/mol. The van der Waals surface area contributed by atoms with Crippen LogP contribution < -0.4 is 0 Å². The molecule has 0 aliphatic carbocycles. The molecular weight excluding hydrogens is 579 g/mol. The molecule has 0 saturated heterocycles. The summed E-state index contributed by atoms with van der Waals surface area (Å²) in [6.45, 7) is 4.03. The van der Waals surface area contributed by atoms with E-state index in [9.17, 15) is 0 Å². The van der Waals surface area contributed by atoms with Crippen molar-refractivity contribution in [2.75, 3.05) is 6.54 Å². The van der Waals surface area contributed by atoms with Crippen molar-refractivity contribution >= 4 is 0 Å². The second kappa shape index (κ2) is 34.9. The Bertz CT molecular complexity index is 2550. The predicted molar refractivity (Wildman–Crippen MR) is 190 cm³/mol. The maximum Gasteiger partial charge on any atom is 0.0579 e. The molecule has 0 aliphatic heterocycles. The lowest BCUT2D eigenvalue weighted by Crippen LogP contribution is -2.09. The second-order valence-electron chi connectivity index (χ2n) is 6.16. The molecule has 48 heavy (non-hydrogen) atoms. The molecule has 1 heteroatoms. The molecule has 1 nitrogen and oxygen atoms in total. The average Bonchev–Trinajstić information content (AvgIpc) is 3.09. The number of rotatable bonds is 2. The monoisotopic (exact) mass is 585 g/mol. The van der Waals surface area contributed by atoms with E-state index < -0.39 is 0 Å². The molecule has 0 rings (SSSR count). The topological polar surface area (TPSA) is 3.24 Å². The largest absolute Gasteiger partial charge is 0.255 e. The molecule has 0 unspecified atom stereocenters. The third-order valence-electron chi connectivity index (χ3n) is 3.09. The van der Waals surface area contributed by atoms with Gasteiger partial charge in [0.05, 0.1) is 6.54 Å². The van der Waals surface area contributed by atoms with Crippen molar-refractivity contribution in [1.29, 1.82) is 0 Å². The second-order valence-corrected chi connectivity index (χ2v) is 6.16. The van der Waals surface area contributed by atoms with E-state index >= 15 is 0 Å². The predicted octanol–water partition coefficient (Wildman–Crippen LogP) is 0.724. The van der Waals surface area contributed by atoms with Gasteiger partial charge in [0, 0.05) is 154 Å². The van der Waals surface area contributed by atoms with Crippen LogP contribution in [0.3, 0.4) is 0 Å². The van der Waals surface area contributed by atoms with Gasteiger partial charge in [-0.25, -0.2) is 0 Å². The number of nitrogens with zero attached hydrogens (tertiary/aromatic N) is 1. The Morgan fingerprint density at radius 1 is 0.292 bits per heavy atom. The Balaban J connectivity index is 4.86. The molecule has 0 heterocycles. The fourth-order valence-corrected chi connectivity index (χ4v) is 1.57. The highest BCUT2D eigenvalue weighted by Gasteiger charge is 1.87. The van der Waals surface area contributed by atoms with Gasteiger partial charge in [0.25, 0.3) is 0 Å². The van der Waals surface area contributed by atoms with E-state index in [2.05, 4.69) is 255 Å². The summed E-state index contributed by atoms with van der Waals surface area (Å²) in [6.07, 6.45) is 11.5. The summed E-state index contributed by atoms with van der Waals surface area (Å²) in [5.41, 5.74) is 0. The molecule has 200 valence electrons. The fourth-order valence-electron chi connectivity index (χ4n) is 1.57. The van der Waals surface area contributed by atoms with Crippen LogP contribution in [0.25, 0.3) is 0 Å². The smallest absolute Gasteiger partial charge is 0.0579 e. The van der Waals surface area contributed by atoms with Gasteiger partial charge >= 0.3 is 0 Å². The third kappa shape index (κ3) is 32.1. The van der Waals surface area contributed by atoms with Crippen molar-refractivity contribution < 1.29 is 0 Å². The summed E-state index contributed by atoms with van der Waals surface area (Å²) >= 11 is 0. The molecule has 0 fully saturated rings. The molecule has 0 aromatic rings. The van der Waals surface area contributed by atoms with Crippen LogP contribution in [0.15, 0.2) is 12.7 Å². The van der Waals surface area contributed by atoms with Crippen LogP contribution >= 0.6 is 0 Å². The molecule has 0 N–H and O–H groups in total. The zero-order chi connectivity index (χ0) is 34.7. The van der Waals surface area contributed by atoms with Gasteiger partial charge in [-0.05, 0) is 94.7 Å². The highest BCUT2D eigenvalue weighted by atomic mass is 15.1. The Hall–Kier alpha value is -10.1. The number of hydrogen-bond donors (Lipinski definition) is 0. The molecule has 0 amide bonds. The lowest BCUT2D eigenvalue weighted by molar-refractivity contribution is 0.633. The van der Waals surface area contributed by atoms with Crippen LogP contribution in [0.2, 0.25) is 0 Å². The van der Waals surface area contributed by atoms with Crippen LogP contribution in [0.1, 0.15) is 0 Å². The number of hydrogen-bond acceptors (Lipinski definition) is 1. The quantitative estimate of drug-likeness (QED) is 0.263. The van der Waals surface area contributed by atoms with Gasteiger partial charge < -0.3 is 0 Å². The van der Waals surface area contributed by atoms with Crippen LogP contribution in [-0.4, -0.2) is 11.4 Å². The van der Waals surface area contributed by atoms with Crippen molar-refractivity contribution in [1.82, 2.24) is 4.90 Å². The Morgan fingerprint density at radius 2 is 0.458 bits per heavy atom. The minimum atomic E-state index is 0.370. The van der Waals surface area contributed by atoms with Gasteiger partial charge in [0.1, 0.15) is 0 Å². The van der Waals surface area contributed by atoms with Crippen molar-refractivity contribution in [3.8, 4) is 262 Å². The highest BCUT2D eigenvalue weighted by Crippen LogP contribution is 1.81. The van der Waals surface area contributed by atoms with Gasteiger partial charge in [-0.15, -0.1) is 19.4 Å². The van der Waals surface area contributed by atoms with E-state index in [4.69, 9.17) is 12.8 Å². The van der Waals surface area contributed by atoms with Crippen molar-refractivity contribution in [3.63, 3.8) is 0 Å². The van der Waals surface area contributed by atoms with Gasteiger partial charge in [-0.3, -0.25) is 4.90 Å². The molecule has 0 aromatic carbocycles. The minimum absolute atomic E-state index is 0.370. The SMILES string of the molecule is C#CC#CC#CC#CC#CC#CC#CC#CC#CC#CC#CN(C#CC#CC#CC#CC#CC#CC#CC#CC#CC#CC#C)CC=C. The van der Waals surface area contributed by atoms with Gasteiger partial charge in [0.2, 0.25) is 0 Å². The van der Waals surface area contributed by atoms with Gasteiger partial charge in [0.15, 0.2) is 0 Å². The molecule has 0 aromatic heterocycles. The summed E-state index contributed by atoms with van der Waals surface area (Å²) in [5, 5.41) is 0. The van der Waals surface area contributed by atoms with Crippen LogP contribution in [-0.2, 0) is 0 Å². The lowest BCUT2D eigenvalue weighted by atomic mass is 10.4. The first-order valence-electron chi connectivity index (χ1n) is 12.2. The first kappa shape index (κ1) is 37.9. The maximum atomic E-state index is 4.94. The van der Waals surface area contributed by atoms with Crippen molar-refractivity contribution in [2.45, 2.75) is 0 Å². The molecule has 0 saturated carbocycles. The van der Waals surface area contributed by atoms with Crippen molar-refractivity contribution in [2.24, 2.45) is 0 Å². The number of terminal acetylenes is 2. The standard InChI is InChI=1S/C47H7N/c1-4-7-9-11-13-15-17-19-21-23-25-27-29-31-33-35-37-39-41-43-46-48(45-6-3)47-44-42-40-38-36-34-32-30-28-26-24-22-20-18-16-14-12-10-8-5-2/h1-2,6H,3,45H2. The molecule has 0 aliphatic rings. The summed E-state index contributed by atoms with van der Waals surface area (Å²) in [7, 11) is 0. The molecule has 0 spiro atoms. The Morgan fingerprint density at radius 3 is 0.625 bits per heavy atom. The van der Waals surface area contributed by atoms with Gasteiger partial charge in [-0.1, -0.05) is 6.08 Å². The van der Waals surface area contributed by atoms with Crippen LogP contribution in [0, 0.1) is 262 Å². The Kier molecular flexibility index (Phi) is 27.5. The van der Waals surface area contributed by atoms with E-state index in [0.717, 1.165) is 0 Å².